The zero-order valence-corrected chi connectivity index (χ0v) is 14.9. The number of benzene rings is 2. The number of methoxy groups -OCH3 is 1. The zero-order chi connectivity index (χ0) is 14.7. The summed E-state index contributed by atoms with van der Waals surface area (Å²) in [5, 5.41) is 3.31. The predicted octanol–water partition coefficient (Wildman–Crippen LogP) is 4.97. The number of carbonyl (C=O) groups excluding carboxylic acids is 1. The first kappa shape index (κ1) is 15.6. The fourth-order valence-corrected chi connectivity index (χ4v) is 3.20. The van der Waals surface area contributed by atoms with Crippen LogP contribution in [0.4, 0.5) is 5.69 Å². The Morgan fingerprint density at radius 3 is 2.75 bits per heavy atom. The molecule has 0 heterocycles. The van der Waals surface area contributed by atoms with Crippen molar-refractivity contribution in [3.63, 3.8) is 0 Å². The SMILES string of the molecule is COc1c(Br)cc(Cl)cc1NC(=O)c1cccc(I)c1. The van der Waals surface area contributed by atoms with Gasteiger partial charge in [-0.25, -0.2) is 0 Å². The van der Waals surface area contributed by atoms with Crippen LogP contribution < -0.4 is 10.1 Å². The Morgan fingerprint density at radius 2 is 2.10 bits per heavy atom. The molecule has 0 bridgehead atoms. The molecule has 0 unspecified atom stereocenters. The number of amides is 1. The van der Waals surface area contributed by atoms with Gasteiger partial charge in [0.15, 0.2) is 5.75 Å². The number of anilines is 1. The van der Waals surface area contributed by atoms with Crippen molar-refractivity contribution in [3.05, 3.63) is 55.0 Å². The summed E-state index contributed by atoms with van der Waals surface area (Å²) < 4.78 is 6.95. The van der Waals surface area contributed by atoms with Crippen molar-refractivity contribution in [3.8, 4) is 5.75 Å². The second kappa shape index (κ2) is 6.78. The Bertz CT molecular complexity index is 664. The normalized spacial score (nSPS) is 10.2. The average molecular weight is 467 g/mol. The van der Waals surface area contributed by atoms with Gasteiger partial charge in [-0.05, 0) is 68.9 Å². The maximum Gasteiger partial charge on any atom is 0.255 e. The van der Waals surface area contributed by atoms with Gasteiger partial charge in [0.05, 0.1) is 17.3 Å². The molecule has 0 saturated carbocycles. The van der Waals surface area contributed by atoms with E-state index in [1.54, 1.807) is 18.2 Å². The van der Waals surface area contributed by atoms with E-state index in [-0.39, 0.29) is 5.91 Å². The van der Waals surface area contributed by atoms with Crippen LogP contribution in [-0.2, 0) is 0 Å². The molecule has 0 aliphatic rings. The molecule has 0 radical (unpaired) electrons. The molecular formula is C14H10BrClINO2. The van der Waals surface area contributed by atoms with Gasteiger partial charge in [0.25, 0.3) is 5.91 Å². The van der Waals surface area contributed by atoms with Crippen LogP contribution in [0, 0.1) is 3.57 Å². The molecule has 1 amide bonds. The quantitative estimate of drug-likeness (QED) is 0.649. The number of ether oxygens (including phenoxy) is 1. The van der Waals surface area contributed by atoms with Gasteiger partial charge in [-0.3, -0.25) is 4.79 Å². The Kier molecular flexibility index (Phi) is 5.29. The van der Waals surface area contributed by atoms with Crippen molar-refractivity contribution in [1.29, 1.82) is 0 Å². The smallest absolute Gasteiger partial charge is 0.255 e. The van der Waals surface area contributed by atoms with Crippen LogP contribution in [0.5, 0.6) is 5.75 Å². The van der Waals surface area contributed by atoms with Gasteiger partial charge in [-0.15, -0.1) is 0 Å². The van der Waals surface area contributed by atoms with E-state index < -0.39 is 0 Å². The van der Waals surface area contributed by atoms with E-state index in [0.717, 1.165) is 3.57 Å². The van der Waals surface area contributed by atoms with Gasteiger partial charge in [0, 0.05) is 14.2 Å². The molecule has 0 atom stereocenters. The lowest BCUT2D eigenvalue weighted by Gasteiger charge is -2.12. The summed E-state index contributed by atoms with van der Waals surface area (Å²) in [6.07, 6.45) is 0. The Labute approximate surface area is 143 Å². The maximum absolute atomic E-state index is 12.2. The van der Waals surface area contributed by atoms with Crippen LogP contribution in [-0.4, -0.2) is 13.0 Å². The third-order valence-electron chi connectivity index (χ3n) is 2.55. The first-order chi connectivity index (χ1) is 9.51. The lowest BCUT2D eigenvalue weighted by Crippen LogP contribution is -2.13. The van der Waals surface area contributed by atoms with Crippen LogP contribution in [0.25, 0.3) is 0 Å². The number of carbonyl (C=O) groups is 1. The summed E-state index contributed by atoms with van der Waals surface area (Å²) in [6.45, 7) is 0. The molecule has 0 aliphatic carbocycles. The highest BCUT2D eigenvalue weighted by Gasteiger charge is 2.13. The van der Waals surface area contributed by atoms with Gasteiger partial charge < -0.3 is 10.1 Å². The molecule has 2 aromatic rings. The average Bonchev–Trinajstić information content (AvgIpc) is 2.38. The first-order valence-electron chi connectivity index (χ1n) is 5.61. The fourth-order valence-electron chi connectivity index (χ4n) is 1.68. The zero-order valence-electron chi connectivity index (χ0n) is 10.4. The minimum atomic E-state index is -0.212. The van der Waals surface area contributed by atoms with Crippen LogP contribution in [0.1, 0.15) is 10.4 Å². The van der Waals surface area contributed by atoms with Gasteiger partial charge >= 0.3 is 0 Å². The van der Waals surface area contributed by atoms with Crippen molar-refractivity contribution >= 4 is 61.7 Å². The van der Waals surface area contributed by atoms with Gasteiger partial charge in [-0.2, -0.15) is 0 Å². The van der Waals surface area contributed by atoms with E-state index in [0.29, 0.717) is 26.5 Å². The third kappa shape index (κ3) is 3.65. The highest BCUT2D eigenvalue weighted by atomic mass is 127. The molecule has 0 saturated heterocycles. The van der Waals surface area contributed by atoms with Crippen molar-refractivity contribution in [2.75, 3.05) is 12.4 Å². The van der Waals surface area contributed by atoms with Crippen LogP contribution >= 0.6 is 50.1 Å². The van der Waals surface area contributed by atoms with E-state index in [4.69, 9.17) is 16.3 Å². The number of rotatable bonds is 3. The molecule has 1 N–H and O–H groups in total. The summed E-state index contributed by atoms with van der Waals surface area (Å²) in [5.41, 5.74) is 1.10. The highest BCUT2D eigenvalue weighted by Crippen LogP contribution is 2.36. The minimum Gasteiger partial charge on any atom is -0.493 e. The molecular weight excluding hydrogens is 456 g/mol. The third-order valence-corrected chi connectivity index (χ3v) is 4.03. The van der Waals surface area contributed by atoms with Crippen LogP contribution in [0.3, 0.4) is 0 Å². The molecule has 0 aliphatic heterocycles. The van der Waals surface area contributed by atoms with E-state index >= 15 is 0 Å². The van der Waals surface area contributed by atoms with E-state index in [2.05, 4.69) is 43.8 Å². The number of halogens is 3. The van der Waals surface area contributed by atoms with E-state index in [1.807, 2.05) is 18.2 Å². The highest BCUT2D eigenvalue weighted by molar-refractivity contribution is 14.1. The molecule has 0 spiro atoms. The summed E-state index contributed by atoms with van der Waals surface area (Å²) in [7, 11) is 1.54. The molecule has 20 heavy (non-hydrogen) atoms. The minimum absolute atomic E-state index is 0.212. The number of hydrogen-bond acceptors (Lipinski definition) is 2. The molecule has 0 aromatic heterocycles. The maximum atomic E-state index is 12.2. The number of hydrogen-bond donors (Lipinski definition) is 1. The molecule has 3 nitrogen and oxygen atoms in total. The van der Waals surface area contributed by atoms with Crippen LogP contribution in [0.2, 0.25) is 5.02 Å². The summed E-state index contributed by atoms with van der Waals surface area (Å²) in [4.78, 5) is 12.2. The topological polar surface area (TPSA) is 38.3 Å². The van der Waals surface area contributed by atoms with Gasteiger partial charge in [0.2, 0.25) is 0 Å². The monoisotopic (exact) mass is 465 g/mol. The van der Waals surface area contributed by atoms with E-state index in [9.17, 15) is 4.79 Å². The Morgan fingerprint density at radius 1 is 1.35 bits per heavy atom. The summed E-state index contributed by atoms with van der Waals surface area (Å²) >= 11 is 11.5. The summed E-state index contributed by atoms with van der Waals surface area (Å²) in [6, 6.07) is 10.7. The first-order valence-corrected chi connectivity index (χ1v) is 7.86. The molecule has 2 aromatic carbocycles. The lowest BCUT2D eigenvalue weighted by molar-refractivity contribution is 0.102. The van der Waals surface area contributed by atoms with Gasteiger partial charge in [-0.1, -0.05) is 17.7 Å². The Balaban J connectivity index is 2.32. The lowest BCUT2D eigenvalue weighted by atomic mass is 10.2. The predicted molar refractivity (Wildman–Crippen MR) is 92.8 cm³/mol. The largest absolute Gasteiger partial charge is 0.493 e. The van der Waals surface area contributed by atoms with Crippen molar-refractivity contribution < 1.29 is 9.53 Å². The molecule has 2 rings (SSSR count). The van der Waals surface area contributed by atoms with Crippen molar-refractivity contribution in [1.82, 2.24) is 0 Å². The van der Waals surface area contributed by atoms with E-state index in [1.165, 1.54) is 7.11 Å². The van der Waals surface area contributed by atoms with Crippen molar-refractivity contribution in [2.45, 2.75) is 0 Å². The molecule has 0 fully saturated rings. The molecule has 6 heteroatoms. The molecule has 104 valence electrons. The van der Waals surface area contributed by atoms with Crippen molar-refractivity contribution in [2.24, 2.45) is 0 Å². The summed E-state index contributed by atoms with van der Waals surface area (Å²) in [5.74, 6) is 0.323. The van der Waals surface area contributed by atoms with Crippen LogP contribution in [0.15, 0.2) is 40.9 Å². The van der Waals surface area contributed by atoms with Gasteiger partial charge in [0.1, 0.15) is 0 Å². The Hall–Kier alpha value is -0.790. The second-order valence-electron chi connectivity index (χ2n) is 3.93. The standard InChI is InChI=1S/C14H10BrClINO2/c1-20-13-11(15)6-9(16)7-12(13)18-14(19)8-3-2-4-10(17)5-8/h2-7H,1H3,(H,18,19). The fraction of sp³-hybridized carbons (Fsp3) is 0.0714. The second-order valence-corrected chi connectivity index (χ2v) is 6.47. The number of nitrogens with one attached hydrogen (secondary N) is 1.